The number of hydrogen-bond acceptors (Lipinski definition) is 6. The molecular formula is C20H20N4O3S. The van der Waals surface area contributed by atoms with Crippen molar-refractivity contribution in [2.45, 2.75) is 25.5 Å². The Hall–Kier alpha value is -3.13. The Morgan fingerprint density at radius 1 is 1.21 bits per heavy atom. The molecule has 8 heteroatoms. The molecule has 1 amide bonds. The van der Waals surface area contributed by atoms with Crippen LogP contribution in [0.1, 0.15) is 19.4 Å². The number of thioether (sulfide) groups is 1. The van der Waals surface area contributed by atoms with Crippen molar-refractivity contribution in [3.63, 3.8) is 0 Å². The molecule has 144 valence electrons. The van der Waals surface area contributed by atoms with E-state index in [1.807, 2.05) is 19.1 Å². The van der Waals surface area contributed by atoms with Crippen LogP contribution in [0.15, 0.2) is 63.6 Å². The number of nitrogens with zero attached hydrogens (tertiary/aromatic N) is 3. The van der Waals surface area contributed by atoms with E-state index < -0.39 is 0 Å². The number of carbonyl (C=O) groups is 1. The van der Waals surface area contributed by atoms with Crippen molar-refractivity contribution in [1.29, 1.82) is 0 Å². The number of oxime groups is 1. The lowest BCUT2D eigenvalue weighted by molar-refractivity contribution is -0.113. The Morgan fingerprint density at radius 3 is 2.61 bits per heavy atom. The Bertz CT molecular complexity index is 1090. The van der Waals surface area contributed by atoms with E-state index in [9.17, 15) is 9.59 Å². The molecule has 0 saturated heterocycles. The number of anilines is 1. The summed E-state index contributed by atoms with van der Waals surface area (Å²) >= 11 is 1.23. The topological polar surface area (TPSA) is 96.6 Å². The lowest BCUT2D eigenvalue weighted by Crippen LogP contribution is -2.23. The largest absolute Gasteiger partial charge is 0.411 e. The summed E-state index contributed by atoms with van der Waals surface area (Å²) < 4.78 is 1.58. The van der Waals surface area contributed by atoms with Gasteiger partial charge < -0.3 is 10.5 Å². The van der Waals surface area contributed by atoms with Crippen molar-refractivity contribution in [1.82, 2.24) is 9.55 Å². The van der Waals surface area contributed by atoms with Crippen molar-refractivity contribution >= 4 is 40.0 Å². The number of amides is 1. The van der Waals surface area contributed by atoms with Crippen molar-refractivity contribution in [2.75, 3.05) is 11.1 Å². The monoisotopic (exact) mass is 396 g/mol. The third-order valence-corrected chi connectivity index (χ3v) is 5.19. The van der Waals surface area contributed by atoms with Gasteiger partial charge in [0.25, 0.3) is 5.56 Å². The van der Waals surface area contributed by atoms with E-state index >= 15 is 0 Å². The van der Waals surface area contributed by atoms with E-state index in [1.54, 1.807) is 47.9 Å². The highest BCUT2D eigenvalue weighted by atomic mass is 32.2. The quantitative estimate of drug-likeness (QED) is 0.219. The first-order chi connectivity index (χ1) is 13.5. The predicted molar refractivity (Wildman–Crippen MR) is 111 cm³/mol. The number of nitrogens with one attached hydrogen (secondary N) is 1. The molecule has 0 atom stereocenters. The lowest BCUT2D eigenvalue weighted by Gasteiger charge is -2.11. The van der Waals surface area contributed by atoms with E-state index in [-0.39, 0.29) is 17.2 Å². The molecule has 0 aliphatic carbocycles. The molecule has 3 aromatic rings. The first-order valence-corrected chi connectivity index (χ1v) is 9.73. The molecule has 7 nitrogen and oxygen atoms in total. The third-order valence-electron chi connectivity index (χ3n) is 4.21. The second-order valence-corrected chi connectivity index (χ2v) is 7.00. The molecule has 0 saturated carbocycles. The van der Waals surface area contributed by atoms with Crippen molar-refractivity contribution in [3.05, 3.63) is 64.4 Å². The number of benzene rings is 2. The Labute approximate surface area is 166 Å². The Morgan fingerprint density at radius 2 is 1.93 bits per heavy atom. The Balaban J connectivity index is 1.71. The number of hydrogen-bond donors (Lipinski definition) is 2. The fourth-order valence-corrected chi connectivity index (χ4v) is 3.58. The lowest BCUT2D eigenvalue weighted by atomic mass is 10.1. The van der Waals surface area contributed by atoms with E-state index in [1.165, 1.54) is 11.8 Å². The highest BCUT2D eigenvalue weighted by Gasteiger charge is 2.12. The van der Waals surface area contributed by atoms with Crippen LogP contribution in [0.3, 0.4) is 0 Å². The minimum atomic E-state index is -0.199. The van der Waals surface area contributed by atoms with E-state index in [2.05, 4.69) is 15.5 Å². The molecule has 0 bridgehead atoms. The third kappa shape index (κ3) is 4.23. The van der Waals surface area contributed by atoms with Gasteiger partial charge in [0.2, 0.25) is 5.91 Å². The van der Waals surface area contributed by atoms with Crippen LogP contribution in [0.2, 0.25) is 0 Å². The number of rotatable bonds is 6. The summed E-state index contributed by atoms with van der Waals surface area (Å²) in [4.78, 5) is 29.4. The van der Waals surface area contributed by atoms with Crippen molar-refractivity contribution in [2.24, 2.45) is 5.16 Å². The zero-order chi connectivity index (χ0) is 20.1. The van der Waals surface area contributed by atoms with Crippen LogP contribution in [0, 0.1) is 0 Å². The number of aromatic nitrogens is 2. The van der Waals surface area contributed by atoms with Crippen LogP contribution in [0.5, 0.6) is 0 Å². The molecule has 2 N–H and O–H groups in total. The second-order valence-electron chi connectivity index (χ2n) is 6.06. The first kappa shape index (κ1) is 19.6. The van der Waals surface area contributed by atoms with Crippen LogP contribution < -0.4 is 10.9 Å². The fourth-order valence-electron chi connectivity index (χ4n) is 2.72. The van der Waals surface area contributed by atoms with E-state index in [0.717, 1.165) is 5.56 Å². The van der Waals surface area contributed by atoms with Crippen molar-refractivity contribution in [3.8, 4) is 0 Å². The molecule has 0 unspecified atom stereocenters. The van der Waals surface area contributed by atoms with Gasteiger partial charge in [-0.15, -0.1) is 0 Å². The van der Waals surface area contributed by atoms with Gasteiger partial charge in [0, 0.05) is 12.2 Å². The fraction of sp³-hybridized carbons (Fsp3) is 0.200. The van der Waals surface area contributed by atoms with Gasteiger partial charge in [0.15, 0.2) is 5.16 Å². The van der Waals surface area contributed by atoms with Gasteiger partial charge in [-0.05, 0) is 43.7 Å². The molecule has 0 spiro atoms. The van der Waals surface area contributed by atoms with Gasteiger partial charge in [0.05, 0.1) is 22.4 Å². The highest BCUT2D eigenvalue weighted by Crippen LogP contribution is 2.18. The predicted octanol–water partition coefficient (Wildman–Crippen LogP) is 3.35. The van der Waals surface area contributed by atoms with E-state index in [4.69, 9.17) is 5.21 Å². The molecule has 28 heavy (non-hydrogen) atoms. The van der Waals surface area contributed by atoms with Gasteiger partial charge in [-0.3, -0.25) is 14.2 Å². The SMILES string of the molecule is CCn1c(SCC(=O)Nc2ccc(/C(C)=N/O)cc2)nc2ccccc2c1=O. The summed E-state index contributed by atoms with van der Waals surface area (Å²) in [6.07, 6.45) is 0. The standard InChI is InChI=1S/C20H20N4O3S/c1-3-24-19(26)16-6-4-5-7-17(16)22-20(24)28-12-18(25)21-15-10-8-14(9-11-15)13(2)23-27/h4-11,27H,3,12H2,1-2H3,(H,21,25)/b23-13+. The maximum absolute atomic E-state index is 12.6. The smallest absolute Gasteiger partial charge is 0.262 e. The second kappa shape index (κ2) is 8.71. The molecule has 2 aromatic carbocycles. The number of fused-ring (bicyclic) bond motifs is 1. The maximum Gasteiger partial charge on any atom is 0.262 e. The minimum Gasteiger partial charge on any atom is -0.411 e. The van der Waals surface area contributed by atoms with Crippen LogP contribution in [-0.4, -0.2) is 32.1 Å². The van der Waals surface area contributed by atoms with Crippen LogP contribution in [-0.2, 0) is 11.3 Å². The zero-order valence-corrected chi connectivity index (χ0v) is 16.4. The summed E-state index contributed by atoms with van der Waals surface area (Å²) in [5, 5.41) is 15.8. The highest BCUT2D eigenvalue weighted by molar-refractivity contribution is 7.99. The molecule has 0 radical (unpaired) electrons. The molecule has 1 aromatic heterocycles. The molecular weight excluding hydrogens is 376 g/mol. The molecule has 0 fully saturated rings. The summed E-state index contributed by atoms with van der Waals surface area (Å²) in [6, 6.07) is 14.2. The van der Waals surface area contributed by atoms with Crippen LogP contribution in [0.25, 0.3) is 10.9 Å². The zero-order valence-electron chi connectivity index (χ0n) is 15.5. The maximum atomic E-state index is 12.6. The van der Waals surface area contributed by atoms with Crippen LogP contribution >= 0.6 is 11.8 Å². The average Bonchev–Trinajstić information content (AvgIpc) is 2.72. The molecule has 1 heterocycles. The van der Waals surface area contributed by atoms with Gasteiger partial charge in [-0.1, -0.05) is 41.2 Å². The van der Waals surface area contributed by atoms with Crippen LogP contribution in [0.4, 0.5) is 5.69 Å². The summed E-state index contributed by atoms with van der Waals surface area (Å²) in [7, 11) is 0. The van der Waals surface area contributed by atoms with Gasteiger partial charge in [-0.25, -0.2) is 4.98 Å². The van der Waals surface area contributed by atoms with Gasteiger partial charge in [0.1, 0.15) is 0 Å². The first-order valence-electron chi connectivity index (χ1n) is 8.74. The number of carbonyl (C=O) groups excluding carboxylic acids is 1. The van der Waals surface area contributed by atoms with E-state index in [0.29, 0.717) is 34.0 Å². The summed E-state index contributed by atoms with van der Waals surface area (Å²) in [5.41, 5.74) is 2.42. The molecule has 3 rings (SSSR count). The summed E-state index contributed by atoms with van der Waals surface area (Å²) in [6.45, 7) is 4.04. The minimum absolute atomic E-state index is 0.104. The summed E-state index contributed by atoms with van der Waals surface area (Å²) in [5.74, 6) is -0.0701. The molecule has 0 aliphatic rings. The normalized spacial score (nSPS) is 11.6. The molecule has 0 aliphatic heterocycles. The average molecular weight is 396 g/mol. The van der Waals surface area contributed by atoms with Gasteiger partial charge in [-0.2, -0.15) is 0 Å². The Kier molecular flexibility index (Phi) is 6.10. The van der Waals surface area contributed by atoms with Gasteiger partial charge >= 0.3 is 0 Å². The van der Waals surface area contributed by atoms with Crippen molar-refractivity contribution < 1.29 is 10.0 Å². The number of para-hydroxylation sites is 1.